The zero-order chi connectivity index (χ0) is 18.1. The van der Waals surface area contributed by atoms with Gasteiger partial charge in [0.2, 0.25) is 5.91 Å². The molecule has 0 saturated carbocycles. The van der Waals surface area contributed by atoms with Crippen LogP contribution in [0.2, 0.25) is 0 Å². The summed E-state index contributed by atoms with van der Waals surface area (Å²) in [4.78, 5) is 22.9. The number of aromatic nitrogens is 2. The highest BCUT2D eigenvalue weighted by molar-refractivity contribution is 5.88. The first-order valence-corrected chi connectivity index (χ1v) is 8.54. The fourth-order valence-corrected chi connectivity index (χ4v) is 3.25. The Bertz CT molecular complexity index is 953. The van der Waals surface area contributed by atoms with E-state index in [9.17, 15) is 4.79 Å². The number of hydrogen-bond donors (Lipinski definition) is 1. The molecule has 134 valence electrons. The van der Waals surface area contributed by atoms with Crippen LogP contribution >= 0.6 is 0 Å². The molecule has 1 aliphatic heterocycles. The van der Waals surface area contributed by atoms with Gasteiger partial charge in [0.1, 0.15) is 23.2 Å². The molecule has 3 heterocycles. The number of anilines is 1. The van der Waals surface area contributed by atoms with Crippen LogP contribution < -0.4 is 5.73 Å². The zero-order valence-corrected chi connectivity index (χ0v) is 14.5. The van der Waals surface area contributed by atoms with Crippen molar-refractivity contribution in [1.29, 1.82) is 0 Å². The van der Waals surface area contributed by atoms with Crippen LogP contribution in [-0.4, -0.2) is 40.5 Å². The zero-order valence-electron chi connectivity index (χ0n) is 14.5. The molecular formula is C19H20N4O3. The lowest BCUT2D eigenvalue weighted by molar-refractivity contribution is -0.138. The second kappa shape index (κ2) is 6.76. The molecule has 0 unspecified atom stereocenters. The van der Waals surface area contributed by atoms with Crippen LogP contribution in [0, 0.1) is 6.92 Å². The summed E-state index contributed by atoms with van der Waals surface area (Å²) in [5.41, 5.74) is 9.29. The Labute approximate surface area is 150 Å². The van der Waals surface area contributed by atoms with E-state index in [1.165, 1.54) is 6.20 Å². The normalized spacial score (nSPS) is 17.6. The molecule has 1 fully saturated rings. The molecule has 1 aliphatic rings. The fraction of sp³-hybridized carbons (Fsp3) is 0.316. The summed E-state index contributed by atoms with van der Waals surface area (Å²) in [5.74, 6) is 0.368. The third-order valence-electron chi connectivity index (χ3n) is 4.63. The molecule has 0 spiro atoms. The second-order valence-corrected chi connectivity index (χ2v) is 6.46. The van der Waals surface area contributed by atoms with Gasteiger partial charge in [0.25, 0.3) is 0 Å². The van der Waals surface area contributed by atoms with Crippen molar-refractivity contribution in [3.63, 3.8) is 0 Å². The highest BCUT2D eigenvalue weighted by Gasteiger charge is 2.28. The summed E-state index contributed by atoms with van der Waals surface area (Å²) in [5, 5.41) is 0.979. The molecule has 2 aromatic heterocycles. The van der Waals surface area contributed by atoms with Crippen molar-refractivity contribution in [2.75, 3.05) is 25.4 Å². The second-order valence-electron chi connectivity index (χ2n) is 6.46. The maximum atomic E-state index is 12.8. The third-order valence-corrected chi connectivity index (χ3v) is 4.63. The van der Waals surface area contributed by atoms with E-state index >= 15 is 0 Å². The van der Waals surface area contributed by atoms with Gasteiger partial charge in [-0.15, -0.1) is 0 Å². The Morgan fingerprint density at radius 2 is 2.19 bits per heavy atom. The van der Waals surface area contributed by atoms with Gasteiger partial charge in [-0.1, -0.05) is 12.1 Å². The maximum absolute atomic E-state index is 12.8. The Hall–Kier alpha value is -2.93. The number of carbonyl (C=O) groups excluding carboxylic acids is 1. The third kappa shape index (κ3) is 3.13. The first-order chi connectivity index (χ1) is 12.6. The van der Waals surface area contributed by atoms with Gasteiger partial charge in [0, 0.05) is 29.9 Å². The highest BCUT2D eigenvalue weighted by Crippen LogP contribution is 2.26. The number of rotatable bonds is 3. The number of nitrogen functional groups attached to an aromatic ring is 1. The Morgan fingerprint density at radius 1 is 1.35 bits per heavy atom. The predicted octanol–water partition coefficient (Wildman–Crippen LogP) is 2.26. The monoisotopic (exact) mass is 352 g/mol. The molecule has 0 aliphatic carbocycles. The topological polar surface area (TPSA) is 94.5 Å². The first kappa shape index (κ1) is 16.5. The van der Waals surface area contributed by atoms with Crippen molar-refractivity contribution >= 4 is 22.7 Å². The average molecular weight is 352 g/mol. The predicted molar refractivity (Wildman–Crippen MR) is 96.4 cm³/mol. The van der Waals surface area contributed by atoms with Gasteiger partial charge < -0.3 is 19.8 Å². The lowest BCUT2D eigenvalue weighted by Crippen LogP contribution is -2.43. The molecule has 7 heteroatoms. The molecule has 3 aromatic rings. The summed E-state index contributed by atoms with van der Waals surface area (Å²) in [6.45, 7) is 3.41. The van der Waals surface area contributed by atoms with Crippen LogP contribution in [0.5, 0.6) is 0 Å². The Kier molecular flexibility index (Phi) is 4.30. The van der Waals surface area contributed by atoms with Crippen molar-refractivity contribution in [2.24, 2.45) is 0 Å². The van der Waals surface area contributed by atoms with Crippen LogP contribution in [0.3, 0.4) is 0 Å². The molecule has 1 saturated heterocycles. The number of amides is 1. The summed E-state index contributed by atoms with van der Waals surface area (Å²) in [6.07, 6.45) is 4.72. The SMILES string of the molecule is Cc1ccc2c(CC(=O)N3CCO[C@@H](c4nccnc4N)C3)coc2c1. The number of benzene rings is 1. The van der Waals surface area contributed by atoms with Crippen LogP contribution in [0.25, 0.3) is 11.0 Å². The van der Waals surface area contributed by atoms with Gasteiger partial charge in [0.05, 0.1) is 25.8 Å². The summed E-state index contributed by atoms with van der Waals surface area (Å²) in [7, 11) is 0. The van der Waals surface area contributed by atoms with Gasteiger partial charge in [-0.05, 0) is 18.6 Å². The maximum Gasteiger partial charge on any atom is 0.227 e. The van der Waals surface area contributed by atoms with Crippen molar-refractivity contribution in [3.05, 3.63) is 53.7 Å². The van der Waals surface area contributed by atoms with Crippen LogP contribution in [0.4, 0.5) is 5.82 Å². The van der Waals surface area contributed by atoms with Crippen molar-refractivity contribution in [3.8, 4) is 0 Å². The number of nitrogens with zero attached hydrogens (tertiary/aromatic N) is 3. The summed E-state index contributed by atoms with van der Waals surface area (Å²) in [6, 6.07) is 6.00. The van der Waals surface area contributed by atoms with Gasteiger partial charge in [-0.25, -0.2) is 4.98 Å². The lowest BCUT2D eigenvalue weighted by atomic mass is 10.1. The molecule has 2 N–H and O–H groups in total. The van der Waals surface area contributed by atoms with Crippen molar-refractivity contribution in [2.45, 2.75) is 19.4 Å². The number of hydrogen-bond acceptors (Lipinski definition) is 6. The smallest absolute Gasteiger partial charge is 0.227 e. The van der Waals surface area contributed by atoms with E-state index in [2.05, 4.69) is 9.97 Å². The van der Waals surface area contributed by atoms with Gasteiger partial charge in [-0.2, -0.15) is 0 Å². The number of fused-ring (bicyclic) bond motifs is 1. The number of aryl methyl sites for hydroxylation is 1. The van der Waals surface area contributed by atoms with Gasteiger partial charge in [-0.3, -0.25) is 9.78 Å². The van der Waals surface area contributed by atoms with E-state index in [-0.39, 0.29) is 12.0 Å². The van der Waals surface area contributed by atoms with Crippen LogP contribution in [-0.2, 0) is 16.0 Å². The molecule has 1 atom stereocenters. The molecule has 4 rings (SSSR count). The van der Waals surface area contributed by atoms with Gasteiger partial charge >= 0.3 is 0 Å². The minimum atomic E-state index is -0.356. The van der Waals surface area contributed by atoms with Crippen molar-refractivity contribution in [1.82, 2.24) is 14.9 Å². The van der Waals surface area contributed by atoms with E-state index in [4.69, 9.17) is 14.9 Å². The molecule has 1 aromatic carbocycles. The number of furan rings is 1. The molecule has 0 radical (unpaired) electrons. The highest BCUT2D eigenvalue weighted by atomic mass is 16.5. The number of ether oxygens (including phenoxy) is 1. The molecule has 1 amide bonds. The lowest BCUT2D eigenvalue weighted by Gasteiger charge is -2.32. The largest absolute Gasteiger partial charge is 0.464 e. The minimum Gasteiger partial charge on any atom is -0.464 e. The average Bonchev–Trinajstić information content (AvgIpc) is 3.04. The quantitative estimate of drug-likeness (QED) is 0.777. The first-order valence-electron chi connectivity index (χ1n) is 8.54. The molecule has 26 heavy (non-hydrogen) atoms. The van der Waals surface area contributed by atoms with E-state index in [0.717, 1.165) is 22.1 Å². The van der Waals surface area contributed by atoms with Crippen LogP contribution in [0.1, 0.15) is 22.9 Å². The number of nitrogens with two attached hydrogens (primary N) is 1. The number of morpholine rings is 1. The Balaban J connectivity index is 1.50. The molecular weight excluding hydrogens is 332 g/mol. The summed E-state index contributed by atoms with van der Waals surface area (Å²) < 4.78 is 11.3. The van der Waals surface area contributed by atoms with E-state index < -0.39 is 0 Å². The standard InChI is InChI=1S/C19H20N4O3/c1-12-2-3-14-13(11-26-15(14)8-12)9-17(24)23-6-7-25-16(10-23)18-19(20)22-5-4-21-18/h2-5,8,11,16H,6-7,9-10H2,1H3,(H2,20,22)/t16-/m1/s1. The summed E-state index contributed by atoms with van der Waals surface area (Å²) >= 11 is 0. The van der Waals surface area contributed by atoms with Crippen molar-refractivity contribution < 1.29 is 13.9 Å². The van der Waals surface area contributed by atoms with Gasteiger partial charge in [0.15, 0.2) is 0 Å². The Morgan fingerprint density at radius 3 is 3.04 bits per heavy atom. The van der Waals surface area contributed by atoms with E-state index in [0.29, 0.717) is 37.6 Å². The van der Waals surface area contributed by atoms with Crippen LogP contribution in [0.15, 0.2) is 41.3 Å². The van der Waals surface area contributed by atoms with E-state index in [1.54, 1.807) is 17.4 Å². The molecule has 7 nitrogen and oxygen atoms in total. The fourth-order valence-electron chi connectivity index (χ4n) is 3.25. The molecule has 0 bridgehead atoms. The number of carbonyl (C=O) groups is 1. The van der Waals surface area contributed by atoms with E-state index in [1.807, 2.05) is 25.1 Å². The minimum absolute atomic E-state index is 0.0315.